The third kappa shape index (κ3) is 1.39. The van der Waals surface area contributed by atoms with Gasteiger partial charge in [-0.2, -0.15) is 0 Å². The first-order chi connectivity index (χ1) is 8.08. The highest BCUT2D eigenvalue weighted by atomic mass is 16.6. The molecule has 5 nitrogen and oxygen atoms in total. The standard InChI is InChI=1S/C12H10O5/c1-5-10-6(13)2-3-7(14)11(10)12-8(16-5)4-9(15)17-12/h2-3,5,8,12H,4H2,1H3/t5-,8+,12-/m1/s1. The van der Waals surface area contributed by atoms with Crippen LogP contribution >= 0.6 is 0 Å². The summed E-state index contributed by atoms with van der Waals surface area (Å²) in [5, 5.41) is 0. The van der Waals surface area contributed by atoms with E-state index in [0.717, 1.165) is 0 Å². The third-order valence-corrected chi connectivity index (χ3v) is 3.24. The van der Waals surface area contributed by atoms with Gasteiger partial charge in [0.1, 0.15) is 6.10 Å². The summed E-state index contributed by atoms with van der Waals surface area (Å²) >= 11 is 0. The molecular weight excluding hydrogens is 224 g/mol. The quantitative estimate of drug-likeness (QED) is 0.439. The van der Waals surface area contributed by atoms with Crippen LogP contribution < -0.4 is 0 Å². The molecule has 3 atom stereocenters. The number of ketones is 2. The van der Waals surface area contributed by atoms with Gasteiger partial charge in [-0.05, 0) is 19.1 Å². The third-order valence-electron chi connectivity index (χ3n) is 3.24. The Labute approximate surface area is 97.1 Å². The van der Waals surface area contributed by atoms with E-state index in [9.17, 15) is 14.4 Å². The van der Waals surface area contributed by atoms with Crippen molar-refractivity contribution < 1.29 is 23.9 Å². The van der Waals surface area contributed by atoms with Gasteiger partial charge in [0.05, 0.1) is 18.1 Å². The fraction of sp³-hybridized carbons (Fsp3) is 0.417. The number of hydrogen-bond acceptors (Lipinski definition) is 5. The van der Waals surface area contributed by atoms with Crippen LogP contribution in [0.4, 0.5) is 0 Å². The maximum atomic E-state index is 11.8. The zero-order valence-corrected chi connectivity index (χ0v) is 9.14. The lowest BCUT2D eigenvalue weighted by Gasteiger charge is -2.32. The number of ether oxygens (including phenoxy) is 2. The molecule has 0 aromatic heterocycles. The van der Waals surface area contributed by atoms with Crippen molar-refractivity contribution in [3.8, 4) is 0 Å². The average molecular weight is 234 g/mol. The first-order valence-corrected chi connectivity index (χ1v) is 5.43. The van der Waals surface area contributed by atoms with E-state index in [1.54, 1.807) is 6.92 Å². The molecule has 17 heavy (non-hydrogen) atoms. The number of esters is 1. The van der Waals surface area contributed by atoms with E-state index in [-0.39, 0.29) is 18.0 Å². The van der Waals surface area contributed by atoms with Crippen LogP contribution in [0.2, 0.25) is 0 Å². The molecule has 3 rings (SSSR count). The predicted molar refractivity (Wildman–Crippen MR) is 55.0 cm³/mol. The van der Waals surface area contributed by atoms with Gasteiger partial charge < -0.3 is 9.47 Å². The Bertz CT molecular complexity index is 499. The van der Waals surface area contributed by atoms with Gasteiger partial charge in [-0.1, -0.05) is 0 Å². The first-order valence-electron chi connectivity index (χ1n) is 5.43. The van der Waals surface area contributed by atoms with Gasteiger partial charge in [-0.3, -0.25) is 14.4 Å². The molecule has 1 fully saturated rings. The highest BCUT2D eigenvalue weighted by Gasteiger charge is 2.48. The van der Waals surface area contributed by atoms with Crippen molar-refractivity contribution in [2.75, 3.05) is 0 Å². The van der Waals surface area contributed by atoms with E-state index >= 15 is 0 Å². The molecule has 0 amide bonds. The Balaban J connectivity index is 2.12. The summed E-state index contributed by atoms with van der Waals surface area (Å²) < 4.78 is 10.6. The second-order valence-corrected chi connectivity index (χ2v) is 4.32. The monoisotopic (exact) mass is 234 g/mol. The van der Waals surface area contributed by atoms with Crippen molar-refractivity contribution in [3.05, 3.63) is 23.3 Å². The summed E-state index contributed by atoms with van der Waals surface area (Å²) in [5.41, 5.74) is 0.626. The zero-order chi connectivity index (χ0) is 12.2. The largest absolute Gasteiger partial charge is 0.454 e. The van der Waals surface area contributed by atoms with Gasteiger partial charge in [-0.15, -0.1) is 0 Å². The molecule has 0 unspecified atom stereocenters. The Kier molecular flexibility index (Phi) is 2.06. The van der Waals surface area contributed by atoms with E-state index < -0.39 is 24.3 Å². The molecule has 0 radical (unpaired) electrons. The summed E-state index contributed by atoms with van der Waals surface area (Å²) in [6.45, 7) is 1.71. The molecule has 5 heteroatoms. The second-order valence-electron chi connectivity index (χ2n) is 4.32. The Morgan fingerprint density at radius 1 is 1.12 bits per heavy atom. The number of allylic oxidation sites excluding steroid dienone is 2. The van der Waals surface area contributed by atoms with Gasteiger partial charge >= 0.3 is 5.97 Å². The zero-order valence-electron chi connectivity index (χ0n) is 9.14. The molecule has 2 heterocycles. The summed E-state index contributed by atoms with van der Waals surface area (Å²) in [6.07, 6.45) is 0.967. The summed E-state index contributed by atoms with van der Waals surface area (Å²) in [7, 11) is 0. The smallest absolute Gasteiger partial charge is 0.309 e. The van der Waals surface area contributed by atoms with Crippen LogP contribution in [0.3, 0.4) is 0 Å². The highest BCUT2D eigenvalue weighted by molar-refractivity contribution is 6.21. The molecule has 2 aliphatic heterocycles. The molecule has 3 aliphatic rings. The lowest BCUT2D eigenvalue weighted by atomic mass is 9.84. The normalized spacial score (nSPS) is 35.8. The highest BCUT2D eigenvalue weighted by Crippen LogP contribution is 2.36. The molecule has 0 N–H and O–H groups in total. The summed E-state index contributed by atoms with van der Waals surface area (Å²) in [5.74, 6) is -0.899. The minimum absolute atomic E-state index is 0.136. The van der Waals surface area contributed by atoms with E-state index in [0.29, 0.717) is 11.1 Å². The van der Waals surface area contributed by atoms with E-state index in [2.05, 4.69) is 0 Å². The summed E-state index contributed by atoms with van der Waals surface area (Å²) in [4.78, 5) is 34.8. The van der Waals surface area contributed by atoms with Gasteiger partial charge in [0.2, 0.25) is 0 Å². The fourth-order valence-electron chi connectivity index (χ4n) is 2.54. The van der Waals surface area contributed by atoms with E-state index in [1.165, 1.54) is 12.2 Å². The SMILES string of the molecule is C[C@H]1O[C@H]2CC(=O)O[C@H]2C2=C1C(=O)C=CC2=O. The fourth-order valence-corrected chi connectivity index (χ4v) is 2.54. The number of rotatable bonds is 0. The molecule has 1 aliphatic carbocycles. The molecular formula is C12H10O5. The van der Waals surface area contributed by atoms with E-state index in [1.807, 2.05) is 0 Å². The van der Waals surface area contributed by atoms with Crippen molar-refractivity contribution in [1.29, 1.82) is 0 Å². The van der Waals surface area contributed by atoms with Gasteiger partial charge in [0, 0.05) is 5.57 Å². The maximum absolute atomic E-state index is 11.8. The van der Waals surface area contributed by atoms with Crippen LogP contribution in [-0.2, 0) is 23.9 Å². The number of carbonyl (C=O) groups excluding carboxylic acids is 3. The van der Waals surface area contributed by atoms with Crippen molar-refractivity contribution in [1.82, 2.24) is 0 Å². The molecule has 0 aromatic carbocycles. The minimum Gasteiger partial charge on any atom is -0.454 e. The maximum Gasteiger partial charge on any atom is 0.309 e. The molecule has 1 saturated heterocycles. The second kappa shape index (κ2) is 3.37. The van der Waals surface area contributed by atoms with Crippen molar-refractivity contribution >= 4 is 17.5 Å². The molecule has 0 spiro atoms. The Hall–Kier alpha value is -1.75. The molecule has 0 bridgehead atoms. The van der Waals surface area contributed by atoms with Crippen molar-refractivity contribution in [2.45, 2.75) is 31.7 Å². The van der Waals surface area contributed by atoms with Crippen molar-refractivity contribution in [2.24, 2.45) is 0 Å². The van der Waals surface area contributed by atoms with Crippen LogP contribution in [0.5, 0.6) is 0 Å². The summed E-state index contributed by atoms with van der Waals surface area (Å²) in [6, 6.07) is 0. The Morgan fingerprint density at radius 2 is 1.76 bits per heavy atom. The molecule has 0 aromatic rings. The van der Waals surface area contributed by atoms with Crippen LogP contribution in [-0.4, -0.2) is 35.8 Å². The average Bonchev–Trinajstić information content (AvgIpc) is 2.62. The van der Waals surface area contributed by atoms with Crippen LogP contribution in [0, 0.1) is 0 Å². The van der Waals surface area contributed by atoms with Crippen LogP contribution in [0.1, 0.15) is 13.3 Å². The topological polar surface area (TPSA) is 69.7 Å². The molecule has 0 saturated carbocycles. The van der Waals surface area contributed by atoms with Crippen LogP contribution in [0.15, 0.2) is 23.3 Å². The minimum atomic E-state index is -0.713. The first kappa shape index (κ1) is 10.4. The number of fused-ring (bicyclic) bond motifs is 2. The van der Waals surface area contributed by atoms with E-state index in [4.69, 9.17) is 9.47 Å². The predicted octanol–water partition coefficient (Wildman–Crippen LogP) is 0.0938. The lowest BCUT2D eigenvalue weighted by Crippen LogP contribution is -2.42. The number of hydrogen-bond donors (Lipinski definition) is 0. The van der Waals surface area contributed by atoms with Gasteiger partial charge in [0.15, 0.2) is 17.7 Å². The van der Waals surface area contributed by atoms with Gasteiger partial charge in [0.25, 0.3) is 0 Å². The molecule has 88 valence electrons. The van der Waals surface area contributed by atoms with Crippen molar-refractivity contribution in [3.63, 3.8) is 0 Å². The van der Waals surface area contributed by atoms with Gasteiger partial charge in [-0.25, -0.2) is 0 Å². The number of carbonyl (C=O) groups is 3. The Morgan fingerprint density at radius 3 is 2.47 bits per heavy atom. The van der Waals surface area contributed by atoms with Crippen LogP contribution in [0.25, 0.3) is 0 Å². The lowest BCUT2D eigenvalue weighted by molar-refractivity contribution is -0.141.